The molecule has 3 aromatic rings. The fraction of sp³-hybridized carbons (Fsp3) is 0.0667. The number of nitrogens with zero attached hydrogens (tertiary/aromatic N) is 3. The molecule has 0 aliphatic rings. The average molecular weight is 304 g/mol. The van der Waals surface area contributed by atoms with E-state index in [4.69, 9.17) is 11.6 Å². The fourth-order valence-corrected chi connectivity index (χ4v) is 2.27. The molecule has 0 aliphatic heterocycles. The number of rotatable bonds is 3. The number of benzene rings is 2. The molecule has 0 aliphatic carbocycles. The van der Waals surface area contributed by atoms with E-state index in [0.717, 1.165) is 0 Å². The summed E-state index contributed by atoms with van der Waals surface area (Å²) < 4.78 is 14.8. The van der Waals surface area contributed by atoms with Gasteiger partial charge in [-0.15, -0.1) is 21.8 Å². The van der Waals surface area contributed by atoms with E-state index in [1.54, 1.807) is 34.9 Å². The van der Waals surface area contributed by atoms with Crippen LogP contribution < -0.4 is 0 Å². The maximum Gasteiger partial charge on any atom is 0.168 e. The Hall–Kier alpha value is -2.40. The monoisotopic (exact) mass is 303 g/mol. The Morgan fingerprint density at radius 3 is 2.52 bits per heavy atom. The van der Waals surface area contributed by atoms with Crippen molar-refractivity contribution in [3.8, 4) is 22.8 Å². The van der Waals surface area contributed by atoms with Gasteiger partial charge in [0.1, 0.15) is 11.6 Å². The largest absolute Gasteiger partial charge is 0.508 e. The van der Waals surface area contributed by atoms with Crippen molar-refractivity contribution < 1.29 is 9.50 Å². The van der Waals surface area contributed by atoms with Gasteiger partial charge in [-0.25, -0.2) is 4.39 Å². The summed E-state index contributed by atoms with van der Waals surface area (Å²) in [5.41, 5.74) is 1.40. The summed E-state index contributed by atoms with van der Waals surface area (Å²) in [5.74, 6) is 1.06. The molecular formula is C15H11ClFN3O. The van der Waals surface area contributed by atoms with Crippen LogP contribution in [0.15, 0.2) is 48.5 Å². The van der Waals surface area contributed by atoms with Crippen LogP contribution in [0.4, 0.5) is 4.39 Å². The zero-order valence-electron chi connectivity index (χ0n) is 10.9. The van der Waals surface area contributed by atoms with Crippen LogP contribution in [0, 0.1) is 5.82 Å². The standard InChI is InChI=1S/C15H11ClFN3O/c16-9-14-18-19-15(10-4-6-11(17)7-5-10)20(14)12-2-1-3-13(21)8-12/h1-8,21H,9H2. The van der Waals surface area contributed by atoms with Crippen LogP contribution in [0.2, 0.25) is 0 Å². The minimum atomic E-state index is -0.320. The van der Waals surface area contributed by atoms with Crippen LogP contribution >= 0.6 is 11.6 Å². The van der Waals surface area contributed by atoms with Crippen molar-refractivity contribution >= 4 is 11.6 Å². The Morgan fingerprint density at radius 2 is 1.86 bits per heavy atom. The van der Waals surface area contributed by atoms with E-state index >= 15 is 0 Å². The van der Waals surface area contributed by atoms with Gasteiger partial charge in [0.05, 0.1) is 11.6 Å². The lowest BCUT2D eigenvalue weighted by atomic mass is 10.2. The minimum absolute atomic E-state index is 0.131. The molecule has 0 saturated carbocycles. The molecule has 0 atom stereocenters. The van der Waals surface area contributed by atoms with Gasteiger partial charge in [0.2, 0.25) is 0 Å². The third-order valence-electron chi connectivity index (χ3n) is 3.04. The molecule has 0 saturated heterocycles. The molecular weight excluding hydrogens is 293 g/mol. The lowest BCUT2D eigenvalue weighted by Crippen LogP contribution is -2.01. The highest BCUT2D eigenvalue weighted by molar-refractivity contribution is 6.16. The molecule has 6 heteroatoms. The first kappa shape index (κ1) is 13.6. The van der Waals surface area contributed by atoms with Crippen LogP contribution in [-0.4, -0.2) is 19.9 Å². The third-order valence-corrected chi connectivity index (χ3v) is 3.28. The lowest BCUT2D eigenvalue weighted by Gasteiger charge is -2.09. The van der Waals surface area contributed by atoms with E-state index < -0.39 is 0 Å². The average Bonchev–Trinajstić information content (AvgIpc) is 2.92. The zero-order chi connectivity index (χ0) is 14.8. The number of aromatic hydroxyl groups is 1. The van der Waals surface area contributed by atoms with E-state index in [2.05, 4.69) is 10.2 Å². The van der Waals surface area contributed by atoms with E-state index in [9.17, 15) is 9.50 Å². The minimum Gasteiger partial charge on any atom is -0.508 e. The van der Waals surface area contributed by atoms with Gasteiger partial charge in [-0.1, -0.05) is 6.07 Å². The predicted molar refractivity (Wildman–Crippen MR) is 78.0 cm³/mol. The van der Waals surface area contributed by atoms with Gasteiger partial charge in [-0.3, -0.25) is 4.57 Å². The van der Waals surface area contributed by atoms with Crippen molar-refractivity contribution in [2.24, 2.45) is 0 Å². The van der Waals surface area contributed by atoms with Crippen molar-refractivity contribution in [3.05, 3.63) is 60.2 Å². The maximum atomic E-state index is 13.1. The van der Waals surface area contributed by atoms with Gasteiger partial charge < -0.3 is 5.11 Å². The summed E-state index contributed by atoms with van der Waals surface area (Å²) >= 11 is 5.90. The Balaban J connectivity index is 2.19. The SMILES string of the molecule is Oc1cccc(-n2c(CCl)nnc2-c2ccc(F)cc2)c1. The van der Waals surface area contributed by atoms with Gasteiger partial charge in [0.15, 0.2) is 11.6 Å². The van der Waals surface area contributed by atoms with Crippen LogP contribution in [0.5, 0.6) is 5.75 Å². The van der Waals surface area contributed by atoms with Gasteiger partial charge in [-0.2, -0.15) is 0 Å². The molecule has 0 amide bonds. The lowest BCUT2D eigenvalue weighted by molar-refractivity contribution is 0.475. The highest BCUT2D eigenvalue weighted by atomic mass is 35.5. The van der Waals surface area contributed by atoms with Crippen LogP contribution in [0.1, 0.15) is 5.82 Å². The quantitative estimate of drug-likeness (QED) is 0.753. The molecule has 21 heavy (non-hydrogen) atoms. The summed E-state index contributed by atoms with van der Waals surface area (Å²) in [6.07, 6.45) is 0. The topological polar surface area (TPSA) is 50.9 Å². The number of halogens is 2. The number of phenols is 1. The van der Waals surface area contributed by atoms with Crippen LogP contribution in [-0.2, 0) is 5.88 Å². The maximum absolute atomic E-state index is 13.1. The molecule has 106 valence electrons. The molecule has 0 bridgehead atoms. The number of hydrogen-bond donors (Lipinski definition) is 1. The Kier molecular flexibility index (Phi) is 3.58. The van der Waals surface area contributed by atoms with E-state index in [0.29, 0.717) is 22.9 Å². The van der Waals surface area contributed by atoms with Gasteiger partial charge in [0, 0.05) is 11.6 Å². The molecule has 0 unspecified atom stereocenters. The van der Waals surface area contributed by atoms with Gasteiger partial charge in [0.25, 0.3) is 0 Å². The number of phenolic OH excluding ortho intramolecular Hbond substituents is 1. The fourth-order valence-electron chi connectivity index (χ4n) is 2.09. The first-order valence-corrected chi connectivity index (χ1v) is 6.78. The van der Waals surface area contributed by atoms with Crippen LogP contribution in [0.3, 0.4) is 0 Å². The summed E-state index contributed by atoms with van der Waals surface area (Å²) in [4.78, 5) is 0. The Bertz CT molecular complexity index is 771. The summed E-state index contributed by atoms with van der Waals surface area (Å²) in [7, 11) is 0. The Labute approximate surface area is 125 Å². The molecule has 0 spiro atoms. The van der Waals surface area contributed by atoms with Crippen molar-refractivity contribution in [1.82, 2.24) is 14.8 Å². The second-order valence-corrected chi connectivity index (χ2v) is 4.70. The molecule has 3 rings (SSSR count). The summed E-state index contributed by atoms with van der Waals surface area (Å²) in [6.45, 7) is 0. The predicted octanol–water partition coefficient (Wildman–Crippen LogP) is 3.52. The Morgan fingerprint density at radius 1 is 1.10 bits per heavy atom. The van der Waals surface area contributed by atoms with E-state index in [1.807, 2.05) is 6.07 Å². The normalized spacial score (nSPS) is 10.8. The highest BCUT2D eigenvalue weighted by Gasteiger charge is 2.15. The second-order valence-electron chi connectivity index (χ2n) is 4.44. The number of alkyl halides is 1. The molecule has 2 aromatic carbocycles. The number of aromatic nitrogens is 3. The second kappa shape index (κ2) is 5.54. The van der Waals surface area contributed by atoms with Crippen molar-refractivity contribution in [2.45, 2.75) is 5.88 Å². The molecule has 1 heterocycles. The number of hydrogen-bond acceptors (Lipinski definition) is 3. The van der Waals surface area contributed by atoms with Crippen molar-refractivity contribution in [1.29, 1.82) is 0 Å². The molecule has 1 aromatic heterocycles. The molecule has 1 N–H and O–H groups in total. The van der Waals surface area contributed by atoms with E-state index in [1.165, 1.54) is 12.1 Å². The summed E-state index contributed by atoms with van der Waals surface area (Å²) in [6, 6.07) is 12.7. The highest BCUT2D eigenvalue weighted by Crippen LogP contribution is 2.25. The van der Waals surface area contributed by atoms with Gasteiger partial charge in [-0.05, 0) is 36.4 Å². The first-order valence-electron chi connectivity index (χ1n) is 6.24. The van der Waals surface area contributed by atoms with Crippen molar-refractivity contribution in [3.63, 3.8) is 0 Å². The first-order chi connectivity index (χ1) is 10.2. The third kappa shape index (κ3) is 2.60. The molecule has 0 fully saturated rings. The summed E-state index contributed by atoms with van der Waals surface area (Å²) in [5, 5.41) is 17.8. The zero-order valence-corrected chi connectivity index (χ0v) is 11.6. The van der Waals surface area contributed by atoms with Crippen LogP contribution in [0.25, 0.3) is 17.1 Å². The molecule has 4 nitrogen and oxygen atoms in total. The van der Waals surface area contributed by atoms with E-state index in [-0.39, 0.29) is 17.4 Å². The van der Waals surface area contributed by atoms with Gasteiger partial charge >= 0.3 is 0 Å². The van der Waals surface area contributed by atoms with Crippen molar-refractivity contribution in [2.75, 3.05) is 0 Å². The molecule has 0 radical (unpaired) electrons. The smallest absolute Gasteiger partial charge is 0.168 e.